The normalized spacial score (nSPS) is 15.5. The van der Waals surface area contributed by atoms with E-state index in [-0.39, 0.29) is 21.5 Å². The summed E-state index contributed by atoms with van der Waals surface area (Å²) in [5.41, 5.74) is 0. The number of rotatable bonds is 2. The Balaban J connectivity index is 1.89. The number of hydrogen-bond donors (Lipinski definition) is 0. The van der Waals surface area contributed by atoms with E-state index in [0.29, 0.717) is 32.8 Å². The lowest BCUT2D eigenvalue weighted by atomic mass is 10.3. The fourth-order valence-corrected chi connectivity index (χ4v) is 2.53. The number of hydrogen-bond acceptors (Lipinski definition) is 6. The van der Waals surface area contributed by atoms with Crippen molar-refractivity contribution >= 4 is 34.9 Å². The molecule has 0 atom stereocenters. The minimum Gasteiger partial charge on any atom is -0.450 e. The van der Waals surface area contributed by atoms with Gasteiger partial charge in [-0.2, -0.15) is 0 Å². The Hall–Kier alpha value is -1.41. The second-order valence-corrected chi connectivity index (χ2v) is 5.40. The van der Waals surface area contributed by atoms with Crippen LogP contribution in [-0.2, 0) is 4.74 Å². The molecule has 104 valence electrons. The van der Waals surface area contributed by atoms with Crippen LogP contribution in [0.1, 0.15) is 16.7 Å². The molecular weight excluding hydrogens is 292 g/mol. The van der Waals surface area contributed by atoms with Crippen LogP contribution in [0.25, 0.3) is 0 Å². The van der Waals surface area contributed by atoms with Crippen molar-refractivity contribution in [3.05, 3.63) is 9.47 Å². The lowest BCUT2D eigenvalue weighted by Gasteiger charge is -2.33. The van der Waals surface area contributed by atoms with Crippen molar-refractivity contribution < 1.29 is 14.3 Å². The van der Waals surface area contributed by atoms with Gasteiger partial charge >= 0.3 is 6.09 Å². The number of aromatic nitrogens is 2. The van der Waals surface area contributed by atoms with Gasteiger partial charge in [0.25, 0.3) is 5.91 Å². The lowest BCUT2D eigenvalue weighted by molar-refractivity contribution is 0.0569. The molecule has 0 aliphatic carbocycles. The molecule has 7 nitrogen and oxygen atoms in total. The van der Waals surface area contributed by atoms with Gasteiger partial charge in [-0.1, -0.05) is 11.3 Å². The Bertz CT molecular complexity index is 473. The first kappa shape index (κ1) is 14.0. The molecule has 1 aliphatic rings. The van der Waals surface area contributed by atoms with Gasteiger partial charge in [0.05, 0.1) is 6.61 Å². The van der Waals surface area contributed by atoms with Gasteiger partial charge in [-0.15, -0.1) is 10.2 Å². The molecule has 0 spiro atoms. The zero-order chi connectivity index (χ0) is 13.8. The standard InChI is InChI=1S/C10H13ClN4O3S/c1-2-18-10(17)15-5-3-14(4-6-15)8(16)7-12-13-9(11)19-7/h2-6H2,1H3. The molecule has 9 heteroatoms. The van der Waals surface area contributed by atoms with Crippen molar-refractivity contribution in [1.29, 1.82) is 0 Å². The molecule has 0 radical (unpaired) electrons. The quantitative estimate of drug-likeness (QED) is 0.818. The predicted molar refractivity (Wildman–Crippen MR) is 69.4 cm³/mol. The molecular formula is C10H13ClN4O3S. The molecule has 2 rings (SSSR count). The maximum absolute atomic E-state index is 12.1. The number of piperazine rings is 1. The topological polar surface area (TPSA) is 75.6 Å². The van der Waals surface area contributed by atoms with E-state index in [2.05, 4.69) is 10.2 Å². The number of nitrogens with zero attached hydrogens (tertiary/aromatic N) is 4. The summed E-state index contributed by atoms with van der Waals surface area (Å²) in [6.45, 7) is 3.93. The predicted octanol–water partition coefficient (Wildman–Crippen LogP) is 1.11. The minimum atomic E-state index is -0.339. The largest absolute Gasteiger partial charge is 0.450 e. The summed E-state index contributed by atoms with van der Waals surface area (Å²) in [5, 5.41) is 7.59. The third-order valence-corrected chi connectivity index (χ3v) is 3.68. The van der Waals surface area contributed by atoms with Crippen molar-refractivity contribution in [3.8, 4) is 0 Å². The summed E-state index contributed by atoms with van der Waals surface area (Å²) in [4.78, 5) is 26.8. The molecule has 0 aromatic carbocycles. The third-order valence-electron chi connectivity index (χ3n) is 2.68. The number of carbonyl (C=O) groups is 2. The maximum Gasteiger partial charge on any atom is 0.409 e. The average molecular weight is 305 g/mol. The highest BCUT2D eigenvalue weighted by molar-refractivity contribution is 7.17. The van der Waals surface area contributed by atoms with Crippen molar-refractivity contribution in [3.63, 3.8) is 0 Å². The second kappa shape index (κ2) is 6.16. The van der Waals surface area contributed by atoms with Crippen LogP contribution in [0, 0.1) is 0 Å². The van der Waals surface area contributed by atoms with E-state index in [1.54, 1.807) is 16.7 Å². The molecule has 0 unspecified atom stereocenters. The van der Waals surface area contributed by atoms with Crippen LogP contribution in [0.3, 0.4) is 0 Å². The SMILES string of the molecule is CCOC(=O)N1CCN(C(=O)c2nnc(Cl)s2)CC1. The van der Waals surface area contributed by atoms with Gasteiger partial charge in [-0.3, -0.25) is 4.79 Å². The van der Waals surface area contributed by atoms with Crippen molar-refractivity contribution in [2.24, 2.45) is 0 Å². The van der Waals surface area contributed by atoms with Crippen LogP contribution in [0.4, 0.5) is 4.79 Å². The lowest BCUT2D eigenvalue weighted by Crippen LogP contribution is -2.50. The van der Waals surface area contributed by atoms with E-state index in [0.717, 1.165) is 11.3 Å². The van der Waals surface area contributed by atoms with Crippen LogP contribution in [0.5, 0.6) is 0 Å². The summed E-state index contributed by atoms with van der Waals surface area (Å²) in [6.07, 6.45) is -0.339. The van der Waals surface area contributed by atoms with E-state index >= 15 is 0 Å². The second-order valence-electron chi connectivity index (χ2n) is 3.84. The maximum atomic E-state index is 12.1. The zero-order valence-corrected chi connectivity index (χ0v) is 11.9. The highest BCUT2D eigenvalue weighted by Gasteiger charge is 2.27. The molecule has 0 saturated carbocycles. The third kappa shape index (κ3) is 3.32. The smallest absolute Gasteiger partial charge is 0.409 e. The van der Waals surface area contributed by atoms with Gasteiger partial charge in [0.2, 0.25) is 9.47 Å². The Morgan fingerprint density at radius 3 is 2.42 bits per heavy atom. The first-order valence-corrected chi connectivity index (χ1v) is 7.01. The van der Waals surface area contributed by atoms with Gasteiger partial charge in [0.15, 0.2) is 0 Å². The van der Waals surface area contributed by atoms with Gasteiger partial charge in [0.1, 0.15) is 0 Å². The summed E-state index contributed by atoms with van der Waals surface area (Å²) < 4.78 is 5.15. The van der Waals surface area contributed by atoms with Crippen LogP contribution in [0.15, 0.2) is 0 Å². The number of carbonyl (C=O) groups excluding carboxylic acids is 2. The zero-order valence-electron chi connectivity index (χ0n) is 10.3. The fraction of sp³-hybridized carbons (Fsp3) is 0.600. The molecule has 0 N–H and O–H groups in total. The number of ether oxygens (including phenoxy) is 1. The van der Waals surface area contributed by atoms with Crippen molar-refractivity contribution in [2.75, 3.05) is 32.8 Å². The molecule has 1 aromatic heterocycles. The van der Waals surface area contributed by atoms with Crippen LogP contribution in [-0.4, -0.2) is 64.8 Å². The highest BCUT2D eigenvalue weighted by Crippen LogP contribution is 2.17. The van der Waals surface area contributed by atoms with E-state index in [4.69, 9.17) is 16.3 Å². The van der Waals surface area contributed by atoms with Gasteiger partial charge in [-0.05, 0) is 18.5 Å². The van der Waals surface area contributed by atoms with Gasteiger partial charge in [0, 0.05) is 26.2 Å². The van der Waals surface area contributed by atoms with Crippen molar-refractivity contribution in [1.82, 2.24) is 20.0 Å². The molecule has 2 heterocycles. The Morgan fingerprint density at radius 1 is 1.26 bits per heavy atom. The Kier molecular flexibility index (Phi) is 4.54. The summed E-state index contributed by atoms with van der Waals surface area (Å²) in [7, 11) is 0. The van der Waals surface area contributed by atoms with E-state index in [9.17, 15) is 9.59 Å². The number of amides is 2. The van der Waals surface area contributed by atoms with Gasteiger partial charge < -0.3 is 14.5 Å². The van der Waals surface area contributed by atoms with Gasteiger partial charge in [-0.25, -0.2) is 4.79 Å². The summed E-state index contributed by atoms with van der Waals surface area (Å²) in [5.74, 6) is -0.201. The monoisotopic (exact) mass is 304 g/mol. The molecule has 0 bridgehead atoms. The first-order chi connectivity index (χ1) is 9.11. The minimum absolute atomic E-state index is 0.201. The summed E-state index contributed by atoms with van der Waals surface area (Å²) >= 11 is 6.70. The summed E-state index contributed by atoms with van der Waals surface area (Å²) in [6, 6.07) is 0. The highest BCUT2D eigenvalue weighted by atomic mass is 35.5. The average Bonchev–Trinajstić information content (AvgIpc) is 2.85. The van der Waals surface area contributed by atoms with Crippen molar-refractivity contribution in [2.45, 2.75) is 6.92 Å². The molecule has 1 aromatic rings. The first-order valence-electron chi connectivity index (χ1n) is 5.81. The number of halogens is 1. The fourth-order valence-electron chi connectivity index (χ4n) is 1.73. The molecule has 19 heavy (non-hydrogen) atoms. The molecule has 1 fully saturated rings. The molecule has 1 saturated heterocycles. The molecule has 1 aliphatic heterocycles. The van der Waals surface area contributed by atoms with E-state index in [1.807, 2.05) is 0 Å². The van der Waals surface area contributed by atoms with Crippen LogP contribution >= 0.6 is 22.9 Å². The van der Waals surface area contributed by atoms with E-state index in [1.165, 1.54) is 0 Å². The van der Waals surface area contributed by atoms with Crippen LogP contribution in [0.2, 0.25) is 4.47 Å². The molecule has 2 amide bonds. The Labute approximate surface area is 119 Å². The Morgan fingerprint density at radius 2 is 1.89 bits per heavy atom. The van der Waals surface area contributed by atoms with Crippen LogP contribution < -0.4 is 0 Å². The van der Waals surface area contributed by atoms with E-state index < -0.39 is 0 Å².